The lowest BCUT2D eigenvalue weighted by molar-refractivity contribution is -0.138. The Balaban J connectivity index is 1.76. The fraction of sp³-hybridized carbons (Fsp3) is 0.500. The smallest absolute Gasteiger partial charge is 0.416 e. The van der Waals surface area contributed by atoms with E-state index in [0.29, 0.717) is 30.0 Å². The Morgan fingerprint density at radius 1 is 1.13 bits per heavy atom. The average Bonchev–Trinajstić information content (AvgIpc) is 2.95. The number of nitrogens with zero attached hydrogens (tertiary/aromatic N) is 3. The molecule has 10 nitrogen and oxygen atoms in total. The minimum absolute atomic E-state index is 0.0241. The van der Waals surface area contributed by atoms with Gasteiger partial charge in [0.25, 0.3) is 5.56 Å². The molecule has 1 aromatic heterocycles. The third-order valence-corrected chi connectivity index (χ3v) is 10.3. The number of aromatic amines is 1. The molecule has 2 aromatic carbocycles. The van der Waals surface area contributed by atoms with Crippen molar-refractivity contribution in [2.75, 3.05) is 25.9 Å². The molecule has 1 aliphatic heterocycles. The molecule has 1 aliphatic rings. The first-order valence-electron chi connectivity index (χ1n) is 14.5. The summed E-state index contributed by atoms with van der Waals surface area (Å²) in [4.78, 5) is 44.8. The maximum Gasteiger partial charge on any atom is 0.416 e. The van der Waals surface area contributed by atoms with Crippen LogP contribution in [0.2, 0.25) is 10.0 Å². The zero-order valence-electron chi connectivity index (χ0n) is 25.9. The standard InChI is InChI=1S/C30H35Cl2F3N4O6S/c1-6-46(43,44)23-10-9-18(31)12-17(23)14-39-26(40)20-13-22(30(33,34)35)21(24(32)25(20)36-27(39)41)16-38-11-7-8-19(15-38)37(5)28(42)45-29(2,3)4/h9-10,12-13,19H,6-8,11,14-16H2,1-5H3,(H,36,41). The summed E-state index contributed by atoms with van der Waals surface area (Å²) in [6.45, 7) is 6.44. The SMILES string of the molecule is CCS(=O)(=O)c1ccc(Cl)cc1Cn1c(=O)[nH]c2c(Cl)c(CN3CCCC(N(C)C(=O)OC(C)(C)C)C3)c(C(F)(F)F)cc2c1=O. The van der Waals surface area contributed by atoms with E-state index in [1.165, 1.54) is 30.0 Å². The van der Waals surface area contributed by atoms with E-state index in [2.05, 4.69) is 4.98 Å². The monoisotopic (exact) mass is 706 g/mol. The molecule has 4 rings (SSSR count). The molecule has 3 aromatic rings. The van der Waals surface area contributed by atoms with Gasteiger partial charge in [-0.25, -0.2) is 18.0 Å². The number of nitrogens with one attached hydrogen (secondary N) is 1. The van der Waals surface area contributed by atoms with Crippen molar-refractivity contribution in [3.8, 4) is 0 Å². The second kappa shape index (κ2) is 13.2. The van der Waals surface area contributed by atoms with Gasteiger partial charge in [0.05, 0.1) is 38.7 Å². The fourth-order valence-electron chi connectivity index (χ4n) is 5.44. The van der Waals surface area contributed by atoms with Crippen molar-refractivity contribution in [3.63, 3.8) is 0 Å². The van der Waals surface area contributed by atoms with Gasteiger partial charge in [0.1, 0.15) is 5.60 Å². The largest absolute Gasteiger partial charge is 0.444 e. The number of halogens is 5. The minimum Gasteiger partial charge on any atom is -0.444 e. The first-order chi connectivity index (χ1) is 21.2. The number of rotatable bonds is 7. The average molecular weight is 708 g/mol. The summed E-state index contributed by atoms with van der Waals surface area (Å²) >= 11 is 12.6. The number of H-pyrrole nitrogens is 1. The highest BCUT2D eigenvalue weighted by atomic mass is 35.5. The number of carbonyl (C=O) groups excluding carboxylic acids is 1. The van der Waals surface area contributed by atoms with Crippen molar-refractivity contribution in [1.29, 1.82) is 0 Å². The van der Waals surface area contributed by atoms with Crippen LogP contribution in [0.4, 0.5) is 18.0 Å². The van der Waals surface area contributed by atoms with Crippen LogP contribution < -0.4 is 11.2 Å². The molecule has 1 atom stereocenters. The number of likely N-dealkylation sites (tertiary alicyclic amines) is 1. The Labute approximate surface area is 273 Å². The minimum atomic E-state index is -4.92. The van der Waals surface area contributed by atoms with E-state index in [9.17, 15) is 36.0 Å². The van der Waals surface area contributed by atoms with Gasteiger partial charge in [0.15, 0.2) is 9.84 Å². The van der Waals surface area contributed by atoms with Crippen LogP contribution in [-0.4, -0.2) is 71.4 Å². The van der Waals surface area contributed by atoms with Crippen LogP contribution in [0.3, 0.4) is 0 Å². The summed E-state index contributed by atoms with van der Waals surface area (Å²) in [6.07, 6.45) is -4.26. The van der Waals surface area contributed by atoms with Crippen LogP contribution >= 0.6 is 23.2 Å². The van der Waals surface area contributed by atoms with E-state index in [-0.39, 0.29) is 51.4 Å². The number of fused-ring (bicyclic) bond motifs is 1. The second-order valence-electron chi connectivity index (χ2n) is 12.2. The third kappa shape index (κ3) is 7.72. The topological polar surface area (TPSA) is 122 Å². The zero-order chi connectivity index (χ0) is 34.4. The lowest BCUT2D eigenvalue weighted by Gasteiger charge is -2.38. The fourth-order valence-corrected chi connectivity index (χ4v) is 7.06. The summed E-state index contributed by atoms with van der Waals surface area (Å²) < 4.78 is 74.9. The van der Waals surface area contributed by atoms with Gasteiger partial charge in [-0.15, -0.1) is 0 Å². The lowest BCUT2D eigenvalue weighted by atomic mass is 10.00. The number of benzene rings is 2. The molecule has 0 saturated carbocycles. The maximum absolute atomic E-state index is 14.5. The normalized spacial score (nSPS) is 16.5. The van der Waals surface area contributed by atoms with Crippen LogP contribution in [0, 0.1) is 0 Å². The predicted octanol–water partition coefficient (Wildman–Crippen LogP) is 5.69. The lowest BCUT2D eigenvalue weighted by Crippen LogP contribution is -2.49. The first-order valence-corrected chi connectivity index (χ1v) is 16.9. The Morgan fingerprint density at radius 3 is 2.41 bits per heavy atom. The molecular weight excluding hydrogens is 672 g/mol. The van der Waals surface area contributed by atoms with Gasteiger partial charge in [-0.05, 0) is 75.5 Å². The molecule has 1 amide bonds. The second-order valence-corrected chi connectivity index (χ2v) is 15.3. The van der Waals surface area contributed by atoms with Crippen LogP contribution in [-0.2, 0) is 33.8 Å². The van der Waals surface area contributed by atoms with E-state index in [4.69, 9.17) is 27.9 Å². The van der Waals surface area contributed by atoms with E-state index in [1.807, 2.05) is 0 Å². The molecule has 1 saturated heterocycles. The molecule has 1 fully saturated rings. The van der Waals surface area contributed by atoms with E-state index in [0.717, 1.165) is 0 Å². The number of aromatic nitrogens is 2. The Hall–Kier alpha value is -3.07. The van der Waals surface area contributed by atoms with Crippen molar-refractivity contribution in [3.05, 3.63) is 71.8 Å². The molecule has 0 radical (unpaired) electrons. The number of hydrogen-bond donors (Lipinski definition) is 1. The van der Waals surface area contributed by atoms with Crippen molar-refractivity contribution in [1.82, 2.24) is 19.4 Å². The van der Waals surface area contributed by atoms with Crippen molar-refractivity contribution in [2.45, 2.75) is 76.3 Å². The molecule has 1 N–H and O–H groups in total. The van der Waals surface area contributed by atoms with Crippen LogP contribution in [0.15, 0.2) is 38.8 Å². The Kier molecular flexibility index (Phi) is 10.3. The molecule has 0 spiro atoms. The number of likely N-dealkylation sites (N-methyl/N-ethyl adjacent to an activating group) is 1. The maximum atomic E-state index is 14.5. The molecule has 16 heteroatoms. The van der Waals surface area contributed by atoms with Gasteiger partial charge in [-0.1, -0.05) is 30.1 Å². The van der Waals surface area contributed by atoms with Gasteiger partial charge < -0.3 is 14.6 Å². The molecule has 252 valence electrons. The number of amides is 1. The van der Waals surface area contributed by atoms with Crippen LogP contribution in [0.5, 0.6) is 0 Å². The summed E-state index contributed by atoms with van der Waals surface area (Å²) in [5.41, 5.74) is -4.55. The van der Waals surface area contributed by atoms with E-state index < -0.39 is 61.5 Å². The molecule has 2 heterocycles. The van der Waals surface area contributed by atoms with Crippen LogP contribution in [0.25, 0.3) is 10.9 Å². The Morgan fingerprint density at radius 2 is 1.80 bits per heavy atom. The van der Waals surface area contributed by atoms with Crippen molar-refractivity contribution < 1.29 is 31.1 Å². The highest BCUT2D eigenvalue weighted by Crippen LogP contribution is 2.39. The summed E-state index contributed by atoms with van der Waals surface area (Å²) in [5, 5.41) is -0.797. The van der Waals surface area contributed by atoms with Gasteiger partial charge in [0.2, 0.25) is 0 Å². The molecule has 1 unspecified atom stereocenters. The molecular formula is C30H35Cl2F3N4O6S. The van der Waals surface area contributed by atoms with Gasteiger partial charge in [-0.2, -0.15) is 13.2 Å². The third-order valence-electron chi connectivity index (χ3n) is 7.78. The number of ether oxygens (including phenoxy) is 1. The summed E-state index contributed by atoms with van der Waals surface area (Å²) in [6, 6.07) is 4.19. The molecule has 46 heavy (non-hydrogen) atoms. The Bertz CT molecular complexity index is 1890. The van der Waals surface area contributed by atoms with Crippen LogP contribution in [0.1, 0.15) is 57.2 Å². The number of alkyl halides is 3. The van der Waals surface area contributed by atoms with E-state index in [1.54, 1.807) is 32.7 Å². The quantitative estimate of drug-likeness (QED) is 0.335. The molecule has 0 aliphatic carbocycles. The van der Waals surface area contributed by atoms with Gasteiger partial charge >= 0.3 is 18.0 Å². The summed E-state index contributed by atoms with van der Waals surface area (Å²) in [7, 11) is -2.22. The number of hydrogen-bond acceptors (Lipinski definition) is 7. The highest BCUT2D eigenvalue weighted by molar-refractivity contribution is 7.91. The predicted molar refractivity (Wildman–Crippen MR) is 169 cm³/mol. The highest BCUT2D eigenvalue weighted by Gasteiger charge is 2.37. The summed E-state index contributed by atoms with van der Waals surface area (Å²) in [5.74, 6) is -0.271. The van der Waals surface area contributed by atoms with E-state index >= 15 is 0 Å². The first kappa shape index (κ1) is 35.8. The zero-order valence-corrected chi connectivity index (χ0v) is 28.3. The number of carbonyl (C=O) groups is 1. The van der Waals surface area contributed by atoms with Gasteiger partial charge in [0, 0.05) is 31.2 Å². The van der Waals surface area contributed by atoms with Crippen molar-refractivity contribution in [2.24, 2.45) is 0 Å². The molecule has 0 bridgehead atoms. The number of piperidine rings is 1. The van der Waals surface area contributed by atoms with Gasteiger partial charge in [-0.3, -0.25) is 14.3 Å². The van der Waals surface area contributed by atoms with Crippen molar-refractivity contribution >= 4 is 50.0 Å². The number of sulfone groups is 1.